The highest BCUT2D eigenvalue weighted by molar-refractivity contribution is 5.81. The first-order valence-electron chi connectivity index (χ1n) is 6.47. The zero-order chi connectivity index (χ0) is 14.3. The first kappa shape index (κ1) is 15.0. The van der Waals surface area contributed by atoms with Crippen molar-refractivity contribution in [2.45, 2.75) is 39.2 Å². The van der Waals surface area contributed by atoms with Gasteiger partial charge in [-0.2, -0.15) is 5.26 Å². The number of benzene rings is 1. The van der Waals surface area contributed by atoms with Crippen LogP contribution in [0.4, 0.5) is 5.69 Å². The summed E-state index contributed by atoms with van der Waals surface area (Å²) >= 11 is 0. The molecule has 0 unspecified atom stereocenters. The minimum Gasteiger partial charge on any atom is -0.376 e. The number of carbonyl (C=O) groups is 1. The molecule has 0 atom stereocenters. The Kier molecular flexibility index (Phi) is 5.37. The smallest absolute Gasteiger partial charge is 0.239 e. The Bertz CT molecular complexity index is 457. The van der Waals surface area contributed by atoms with E-state index in [1.54, 1.807) is 0 Å². The van der Waals surface area contributed by atoms with Gasteiger partial charge in [-0.15, -0.1) is 0 Å². The quantitative estimate of drug-likeness (QED) is 0.824. The molecule has 0 saturated heterocycles. The molecule has 19 heavy (non-hydrogen) atoms. The maximum atomic E-state index is 11.7. The molecule has 0 fully saturated rings. The number of rotatable bonds is 6. The van der Waals surface area contributed by atoms with E-state index in [1.807, 2.05) is 45.0 Å². The molecule has 1 amide bonds. The first-order valence-corrected chi connectivity index (χ1v) is 6.47. The Morgan fingerprint density at radius 1 is 1.32 bits per heavy atom. The molecule has 2 N–H and O–H groups in total. The Labute approximate surface area is 114 Å². The Morgan fingerprint density at radius 2 is 1.95 bits per heavy atom. The summed E-state index contributed by atoms with van der Waals surface area (Å²) in [6.45, 7) is 6.30. The van der Waals surface area contributed by atoms with Crippen molar-refractivity contribution in [2.75, 3.05) is 11.9 Å². The molecule has 1 aromatic carbocycles. The van der Waals surface area contributed by atoms with E-state index in [-0.39, 0.29) is 18.0 Å². The summed E-state index contributed by atoms with van der Waals surface area (Å²) in [4.78, 5) is 11.7. The van der Waals surface area contributed by atoms with Crippen LogP contribution in [0.2, 0.25) is 0 Å². The van der Waals surface area contributed by atoms with Crippen molar-refractivity contribution in [3.63, 3.8) is 0 Å². The number of hydrogen-bond acceptors (Lipinski definition) is 3. The van der Waals surface area contributed by atoms with Crippen LogP contribution in [0.3, 0.4) is 0 Å². The normalized spacial score (nSPS) is 10.6. The maximum absolute atomic E-state index is 11.7. The van der Waals surface area contributed by atoms with Crippen LogP contribution in [0, 0.1) is 11.3 Å². The van der Waals surface area contributed by atoms with E-state index in [0.717, 1.165) is 17.7 Å². The summed E-state index contributed by atoms with van der Waals surface area (Å²) in [6.07, 6.45) is 1.30. The molecule has 0 radical (unpaired) electrons. The molecule has 0 aliphatic heterocycles. The number of amides is 1. The fraction of sp³-hybridized carbons (Fsp3) is 0.467. The second-order valence-electron chi connectivity index (χ2n) is 5.17. The van der Waals surface area contributed by atoms with Crippen LogP contribution in [-0.4, -0.2) is 18.0 Å². The van der Waals surface area contributed by atoms with Gasteiger partial charge in [0.2, 0.25) is 5.91 Å². The summed E-state index contributed by atoms with van der Waals surface area (Å²) in [5.74, 6) is -0.0204. The van der Waals surface area contributed by atoms with E-state index in [4.69, 9.17) is 5.26 Å². The average molecular weight is 259 g/mol. The van der Waals surface area contributed by atoms with Gasteiger partial charge in [-0.1, -0.05) is 19.1 Å². The van der Waals surface area contributed by atoms with E-state index in [1.165, 1.54) is 0 Å². The molecule has 102 valence electrons. The van der Waals surface area contributed by atoms with Gasteiger partial charge in [0, 0.05) is 11.2 Å². The lowest BCUT2D eigenvalue weighted by molar-refractivity contribution is -0.121. The summed E-state index contributed by atoms with van der Waals surface area (Å²) < 4.78 is 0. The standard InChI is InChI=1S/C15H21N3O/c1-4-15(2,3)18-14(19)11-17-13-7-5-12(6-8-13)9-10-16/h5-8,17H,4,9,11H2,1-3H3,(H,18,19). The van der Waals surface area contributed by atoms with Gasteiger partial charge < -0.3 is 10.6 Å². The maximum Gasteiger partial charge on any atom is 0.239 e. The van der Waals surface area contributed by atoms with Crippen molar-refractivity contribution in [2.24, 2.45) is 0 Å². The van der Waals surface area contributed by atoms with Crippen molar-refractivity contribution in [1.82, 2.24) is 5.32 Å². The molecule has 0 bridgehead atoms. The van der Waals surface area contributed by atoms with Gasteiger partial charge >= 0.3 is 0 Å². The zero-order valence-corrected chi connectivity index (χ0v) is 11.8. The predicted octanol–water partition coefficient (Wildman–Crippen LogP) is 2.47. The highest BCUT2D eigenvalue weighted by atomic mass is 16.2. The minimum atomic E-state index is -0.171. The zero-order valence-electron chi connectivity index (χ0n) is 11.8. The van der Waals surface area contributed by atoms with Gasteiger partial charge in [-0.3, -0.25) is 4.79 Å². The predicted molar refractivity (Wildman–Crippen MR) is 76.8 cm³/mol. The summed E-state index contributed by atoms with van der Waals surface area (Å²) in [5, 5.41) is 14.6. The number of nitriles is 1. The van der Waals surface area contributed by atoms with Gasteiger partial charge in [0.15, 0.2) is 0 Å². The van der Waals surface area contributed by atoms with Crippen molar-refractivity contribution in [1.29, 1.82) is 5.26 Å². The van der Waals surface area contributed by atoms with Crippen molar-refractivity contribution in [3.05, 3.63) is 29.8 Å². The minimum absolute atomic E-state index is 0.0204. The lowest BCUT2D eigenvalue weighted by atomic mass is 10.0. The number of hydrogen-bond donors (Lipinski definition) is 2. The number of nitrogens with one attached hydrogen (secondary N) is 2. The fourth-order valence-electron chi connectivity index (χ4n) is 1.52. The van der Waals surface area contributed by atoms with Gasteiger partial charge in [0.1, 0.15) is 0 Å². The highest BCUT2D eigenvalue weighted by Gasteiger charge is 2.17. The molecule has 4 heteroatoms. The Morgan fingerprint density at radius 3 is 2.47 bits per heavy atom. The van der Waals surface area contributed by atoms with Crippen molar-refractivity contribution >= 4 is 11.6 Å². The van der Waals surface area contributed by atoms with E-state index >= 15 is 0 Å². The topological polar surface area (TPSA) is 64.9 Å². The highest BCUT2D eigenvalue weighted by Crippen LogP contribution is 2.10. The second kappa shape index (κ2) is 6.79. The Balaban J connectivity index is 2.44. The van der Waals surface area contributed by atoms with Gasteiger partial charge in [0.05, 0.1) is 19.0 Å². The monoisotopic (exact) mass is 259 g/mol. The fourth-order valence-corrected chi connectivity index (χ4v) is 1.52. The molecule has 0 aromatic heterocycles. The number of anilines is 1. The van der Waals surface area contributed by atoms with Crippen molar-refractivity contribution in [3.8, 4) is 6.07 Å². The van der Waals surface area contributed by atoms with Crippen LogP contribution in [0.15, 0.2) is 24.3 Å². The lowest BCUT2D eigenvalue weighted by Crippen LogP contribution is -2.45. The number of nitrogens with zero attached hydrogens (tertiary/aromatic N) is 1. The van der Waals surface area contributed by atoms with Crippen LogP contribution in [0.1, 0.15) is 32.8 Å². The second-order valence-corrected chi connectivity index (χ2v) is 5.17. The van der Waals surface area contributed by atoms with Crippen LogP contribution in [0.25, 0.3) is 0 Å². The summed E-state index contributed by atoms with van der Waals surface area (Å²) in [7, 11) is 0. The van der Waals surface area contributed by atoms with E-state index in [2.05, 4.69) is 16.7 Å². The average Bonchev–Trinajstić information content (AvgIpc) is 2.38. The SMILES string of the molecule is CCC(C)(C)NC(=O)CNc1ccc(CC#N)cc1. The molecule has 0 heterocycles. The lowest BCUT2D eigenvalue weighted by Gasteiger charge is -2.24. The van der Waals surface area contributed by atoms with Gasteiger partial charge in [-0.05, 0) is 38.0 Å². The molecule has 1 aromatic rings. The third kappa shape index (κ3) is 5.43. The van der Waals surface area contributed by atoms with E-state index in [9.17, 15) is 4.79 Å². The van der Waals surface area contributed by atoms with Gasteiger partial charge in [-0.25, -0.2) is 0 Å². The molecule has 0 spiro atoms. The molecule has 0 aliphatic rings. The van der Waals surface area contributed by atoms with Crippen molar-refractivity contribution < 1.29 is 4.79 Å². The third-order valence-electron chi connectivity index (χ3n) is 3.05. The Hall–Kier alpha value is -2.02. The molecule has 4 nitrogen and oxygen atoms in total. The van der Waals surface area contributed by atoms with Crippen LogP contribution in [0.5, 0.6) is 0 Å². The van der Waals surface area contributed by atoms with Crippen LogP contribution in [-0.2, 0) is 11.2 Å². The largest absolute Gasteiger partial charge is 0.376 e. The number of carbonyl (C=O) groups excluding carboxylic acids is 1. The third-order valence-corrected chi connectivity index (χ3v) is 3.05. The van der Waals surface area contributed by atoms with Gasteiger partial charge in [0.25, 0.3) is 0 Å². The molecule has 0 aliphatic carbocycles. The molecule has 1 rings (SSSR count). The molecule has 0 saturated carbocycles. The van der Waals surface area contributed by atoms with E-state index < -0.39 is 0 Å². The van der Waals surface area contributed by atoms with E-state index in [0.29, 0.717) is 6.42 Å². The first-order chi connectivity index (χ1) is 8.96. The van der Waals surface area contributed by atoms with Crippen LogP contribution >= 0.6 is 0 Å². The molecular weight excluding hydrogens is 238 g/mol. The van der Waals surface area contributed by atoms with Crippen LogP contribution < -0.4 is 10.6 Å². The summed E-state index contributed by atoms with van der Waals surface area (Å²) in [6, 6.07) is 9.64. The summed E-state index contributed by atoms with van der Waals surface area (Å²) in [5.41, 5.74) is 1.69. The molecular formula is C15H21N3O.